The second-order valence-corrected chi connectivity index (χ2v) is 3.30. The summed E-state index contributed by atoms with van der Waals surface area (Å²) < 4.78 is 27.9. The summed E-state index contributed by atoms with van der Waals surface area (Å²) in [5, 5.41) is 3.16. The molecule has 0 amide bonds. The second kappa shape index (κ2) is 5.28. The van der Waals surface area contributed by atoms with E-state index in [1.165, 1.54) is 5.56 Å². The number of benzene rings is 1. The van der Waals surface area contributed by atoms with Crippen LogP contribution in [0.15, 0.2) is 24.3 Å². The number of nitrogens with one attached hydrogen (secondary N) is 1. The highest BCUT2D eigenvalue weighted by Crippen LogP contribution is 2.22. The highest BCUT2D eigenvalue weighted by molar-refractivity contribution is 5.85. The Morgan fingerprint density at radius 1 is 1.20 bits per heavy atom. The minimum Gasteiger partial charge on any atom is -0.435 e. The lowest BCUT2D eigenvalue weighted by molar-refractivity contribution is -0.0498. The van der Waals surface area contributed by atoms with Crippen molar-refractivity contribution in [2.45, 2.75) is 12.5 Å². The second-order valence-electron chi connectivity index (χ2n) is 3.30. The molecule has 1 N–H and O–H groups in total. The van der Waals surface area contributed by atoms with Crippen molar-refractivity contribution in [1.29, 1.82) is 0 Å². The molecule has 0 saturated carbocycles. The van der Waals surface area contributed by atoms with Crippen LogP contribution in [-0.2, 0) is 0 Å². The lowest BCUT2D eigenvalue weighted by Crippen LogP contribution is -2.39. The lowest BCUT2D eigenvalue weighted by atomic mass is 9.94. The fourth-order valence-corrected chi connectivity index (χ4v) is 1.45. The SMILES string of the molecule is Cl.FC(F)Oc1ccc(C2CNC2)cc1. The number of rotatable bonds is 3. The molecule has 0 unspecified atom stereocenters. The first-order valence-electron chi connectivity index (χ1n) is 4.51. The highest BCUT2D eigenvalue weighted by atomic mass is 35.5. The predicted molar refractivity (Wildman–Crippen MR) is 55.9 cm³/mol. The molecule has 1 aliphatic heterocycles. The van der Waals surface area contributed by atoms with Gasteiger partial charge in [0, 0.05) is 19.0 Å². The van der Waals surface area contributed by atoms with Gasteiger partial charge < -0.3 is 10.1 Å². The third kappa shape index (κ3) is 3.04. The van der Waals surface area contributed by atoms with E-state index in [2.05, 4.69) is 10.1 Å². The lowest BCUT2D eigenvalue weighted by Gasteiger charge is -2.27. The van der Waals surface area contributed by atoms with E-state index in [0.717, 1.165) is 13.1 Å². The molecular weight excluding hydrogens is 224 g/mol. The Morgan fingerprint density at radius 2 is 1.80 bits per heavy atom. The molecule has 5 heteroatoms. The van der Waals surface area contributed by atoms with Crippen LogP contribution >= 0.6 is 12.4 Å². The van der Waals surface area contributed by atoms with Crippen LogP contribution in [0, 0.1) is 0 Å². The van der Waals surface area contributed by atoms with Gasteiger partial charge in [-0.1, -0.05) is 12.1 Å². The van der Waals surface area contributed by atoms with E-state index >= 15 is 0 Å². The maximum atomic E-state index is 11.8. The molecule has 1 fully saturated rings. The van der Waals surface area contributed by atoms with Crippen LogP contribution < -0.4 is 10.1 Å². The van der Waals surface area contributed by atoms with Crippen LogP contribution in [0.25, 0.3) is 0 Å². The third-order valence-corrected chi connectivity index (χ3v) is 2.36. The standard InChI is InChI=1S/C10H11F2NO.ClH/c11-10(12)14-9-3-1-7(2-4-9)8-5-13-6-8;/h1-4,8,10,13H,5-6H2;1H. The van der Waals surface area contributed by atoms with Crippen LogP contribution in [0.5, 0.6) is 5.75 Å². The van der Waals surface area contributed by atoms with Crippen molar-refractivity contribution in [3.8, 4) is 5.75 Å². The summed E-state index contributed by atoms with van der Waals surface area (Å²) >= 11 is 0. The summed E-state index contributed by atoms with van der Waals surface area (Å²) in [6, 6.07) is 6.84. The third-order valence-electron chi connectivity index (χ3n) is 2.36. The first kappa shape index (κ1) is 12.2. The highest BCUT2D eigenvalue weighted by Gasteiger charge is 2.18. The summed E-state index contributed by atoms with van der Waals surface area (Å²) in [6.07, 6.45) is 0. The van der Waals surface area contributed by atoms with Crippen LogP contribution in [0.2, 0.25) is 0 Å². The number of ether oxygens (including phenoxy) is 1. The monoisotopic (exact) mass is 235 g/mol. The topological polar surface area (TPSA) is 21.3 Å². The molecule has 0 radical (unpaired) electrons. The van der Waals surface area contributed by atoms with Crippen molar-refractivity contribution in [3.63, 3.8) is 0 Å². The minimum absolute atomic E-state index is 0. The van der Waals surface area contributed by atoms with Crippen LogP contribution in [0.3, 0.4) is 0 Å². The van der Waals surface area contributed by atoms with Gasteiger partial charge in [-0.15, -0.1) is 12.4 Å². The summed E-state index contributed by atoms with van der Waals surface area (Å²) in [6.45, 7) is -0.810. The van der Waals surface area contributed by atoms with Gasteiger partial charge in [0.25, 0.3) is 0 Å². The summed E-state index contributed by atoms with van der Waals surface area (Å²) in [4.78, 5) is 0. The molecule has 1 saturated heterocycles. The van der Waals surface area contributed by atoms with Crippen LogP contribution in [0.1, 0.15) is 11.5 Å². The Kier molecular flexibility index (Phi) is 4.29. The van der Waals surface area contributed by atoms with Crippen molar-refractivity contribution in [1.82, 2.24) is 5.32 Å². The molecule has 2 rings (SSSR count). The average Bonchev–Trinajstić information content (AvgIpc) is 2.04. The molecule has 2 nitrogen and oxygen atoms in total. The maximum Gasteiger partial charge on any atom is 0.387 e. The fraction of sp³-hybridized carbons (Fsp3) is 0.400. The van der Waals surface area contributed by atoms with Crippen molar-refractivity contribution >= 4 is 12.4 Å². The summed E-state index contributed by atoms with van der Waals surface area (Å²) in [7, 11) is 0. The predicted octanol–water partition coefficient (Wildman–Crippen LogP) is 2.40. The van der Waals surface area contributed by atoms with Gasteiger partial charge in [-0.3, -0.25) is 0 Å². The van der Waals surface area contributed by atoms with Crippen LogP contribution in [0.4, 0.5) is 8.78 Å². The van der Waals surface area contributed by atoms with Crippen molar-refractivity contribution in [3.05, 3.63) is 29.8 Å². The largest absolute Gasteiger partial charge is 0.435 e. The van der Waals surface area contributed by atoms with Gasteiger partial charge in [0.1, 0.15) is 5.75 Å². The molecule has 15 heavy (non-hydrogen) atoms. The Hall–Kier alpha value is -0.870. The number of hydrogen-bond donors (Lipinski definition) is 1. The molecule has 0 atom stereocenters. The molecular formula is C10H12ClF2NO. The number of alkyl halides is 2. The molecule has 1 aromatic carbocycles. The van der Waals surface area contributed by atoms with Gasteiger partial charge in [-0.05, 0) is 17.7 Å². The minimum atomic E-state index is -2.74. The molecule has 0 aliphatic carbocycles. The maximum absolute atomic E-state index is 11.8. The Morgan fingerprint density at radius 3 is 2.20 bits per heavy atom. The van der Waals surface area contributed by atoms with Gasteiger partial charge >= 0.3 is 6.61 Å². The molecule has 84 valence electrons. The van der Waals surface area contributed by atoms with Gasteiger partial charge in [-0.2, -0.15) is 8.78 Å². The first-order valence-corrected chi connectivity index (χ1v) is 4.51. The summed E-state index contributed by atoms with van der Waals surface area (Å²) in [5.74, 6) is 0.742. The Bertz CT molecular complexity index is 301. The number of hydrogen-bond acceptors (Lipinski definition) is 2. The van der Waals surface area contributed by atoms with Crippen molar-refractivity contribution < 1.29 is 13.5 Å². The molecule has 0 bridgehead atoms. The normalized spacial score (nSPS) is 15.7. The fourth-order valence-electron chi connectivity index (χ4n) is 1.45. The average molecular weight is 236 g/mol. The first-order chi connectivity index (χ1) is 6.75. The zero-order valence-corrected chi connectivity index (χ0v) is 8.77. The van der Waals surface area contributed by atoms with Gasteiger partial charge in [0.15, 0.2) is 0 Å². The van der Waals surface area contributed by atoms with Crippen molar-refractivity contribution in [2.24, 2.45) is 0 Å². The van der Waals surface area contributed by atoms with Gasteiger partial charge in [0.05, 0.1) is 0 Å². The van der Waals surface area contributed by atoms with E-state index < -0.39 is 6.61 Å². The smallest absolute Gasteiger partial charge is 0.387 e. The number of halogens is 3. The molecule has 0 aromatic heterocycles. The molecule has 0 spiro atoms. The Labute approximate surface area is 93.0 Å². The van der Waals surface area contributed by atoms with Crippen LogP contribution in [-0.4, -0.2) is 19.7 Å². The zero-order chi connectivity index (χ0) is 9.97. The zero-order valence-electron chi connectivity index (χ0n) is 7.95. The van der Waals surface area contributed by atoms with E-state index in [-0.39, 0.29) is 18.2 Å². The van der Waals surface area contributed by atoms with E-state index in [4.69, 9.17) is 0 Å². The van der Waals surface area contributed by atoms with Gasteiger partial charge in [-0.25, -0.2) is 0 Å². The molecule has 1 heterocycles. The van der Waals surface area contributed by atoms with E-state index in [0.29, 0.717) is 5.92 Å². The molecule has 1 aliphatic rings. The quantitative estimate of drug-likeness (QED) is 0.869. The van der Waals surface area contributed by atoms with E-state index in [9.17, 15) is 8.78 Å². The summed E-state index contributed by atoms with van der Waals surface area (Å²) in [5.41, 5.74) is 1.17. The van der Waals surface area contributed by atoms with E-state index in [1.54, 1.807) is 12.1 Å². The van der Waals surface area contributed by atoms with Gasteiger partial charge in [0.2, 0.25) is 0 Å². The van der Waals surface area contributed by atoms with E-state index in [1.807, 2.05) is 12.1 Å². The molecule has 1 aromatic rings. The van der Waals surface area contributed by atoms with Crippen molar-refractivity contribution in [2.75, 3.05) is 13.1 Å². The Balaban J connectivity index is 0.00000112.